The van der Waals surface area contributed by atoms with Gasteiger partial charge >= 0.3 is 0 Å². The molecule has 0 aliphatic carbocycles. The second-order valence-electron chi connectivity index (χ2n) is 6.58. The summed E-state index contributed by atoms with van der Waals surface area (Å²) in [6.07, 6.45) is 0. The van der Waals surface area contributed by atoms with E-state index in [2.05, 4.69) is 22.0 Å². The van der Waals surface area contributed by atoms with Gasteiger partial charge in [-0.2, -0.15) is 5.26 Å². The fourth-order valence-electron chi connectivity index (χ4n) is 3.19. The largest absolute Gasteiger partial charge is 0.496 e. The highest BCUT2D eigenvalue weighted by Crippen LogP contribution is 2.21. The fraction of sp³-hybridized carbons (Fsp3) is 0.286. The standard InChI is InChI=1S/C21H22N4O2/c1-15-8-9-19(27-3)16(12-15)13-24(2)14-20-23-18-7-5-4-6-17(18)21(26)25(20)11-10-22/h4-9,12H,11,13-14H2,1-3H3. The Morgan fingerprint density at radius 1 is 1.22 bits per heavy atom. The first-order chi connectivity index (χ1) is 13.0. The lowest BCUT2D eigenvalue weighted by atomic mass is 10.1. The Hall–Kier alpha value is -3.17. The number of methoxy groups -OCH3 is 1. The van der Waals surface area contributed by atoms with Gasteiger partial charge in [0.1, 0.15) is 18.1 Å². The van der Waals surface area contributed by atoms with E-state index < -0.39 is 0 Å². The highest BCUT2D eigenvalue weighted by molar-refractivity contribution is 5.77. The molecular formula is C21H22N4O2. The molecule has 1 heterocycles. The van der Waals surface area contributed by atoms with Crippen LogP contribution in [0.2, 0.25) is 0 Å². The summed E-state index contributed by atoms with van der Waals surface area (Å²) < 4.78 is 6.90. The molecule has 0 atom stereocenters. The van der Waals surface area contributed by atoms with E-state index >= 15 is 0 Å². The first-order valence-electron chi connectivity index (χ1n) is 8.71. The van der Waals surface area contributed by atoms with Crippen molar-refractivity contribution in [2.24, 2.45) is 0 Å². The van der Waals surface area contributed by atoms with E-state index in [9.17, 15) is 4.79 Å². The molecule has 0 spiro atoms. The van der Waals surface area contributed by atoms with Crippen LogP contribution >= 0.6 is 0 Å². The summed E-state index contributed by atoms with van der Waals surface area (Å²) in [5.74, 6) is 1.41. The molecule has 138 valence electrons. The lowest BCUT2D eigenvalue weighted by molar-refractivity contribution is 0.297. The molecular weight excluding hydrogens is 340 g/mol. The summed E-state index contributed by atoms with van der Waals surface area (Å²) in [6, 6.07) is 15.3. The van der Waals surface area contributed by atoms with Crippen molar-refractivity contribution in [3.05, 3.63) is 69.8 Å². The molecule has 0 bridgehead atoms. The van der Waals surface area contributed by atoms with Crippen LogP contribution in [0.25, 0.3) is 10.9 Å². The number of fused-ring (bicyclic) bond motifs is 1. The third-order valence-corrected chi connectivity index (χ3v) is 4.46. The Morgan fingerprint density at radius 2 is 2.00 bits per heavy atom. The van der Waals surface area contributed by atoms with Gasteiger partial charge in [0.25, 0.3) is 5.56 Å². The molecule has 0 aliphatic heterocycles. The van der Waals surface area contributed by atoms with Gasteiger partial charge in [-0.25, -0.2) is 4.98 Å². The first kappa shape index (κ1) is 18.6. The molecule has 0 saturated carbocycles. The van der Waals surface area contributed by atoms with E-state index in [0.717, 1.165) is 16.9 Å². The van der Waals surface area contributed by atoms with Crippen LogP contribution in [0.1, 0.15) is 17.0 Å². The highest BCUT2D eigenvalue weighted by atomic mass is 16.5. The van der Waals surface area contributed by atoms with Gasteiger partial charge in [-0.15, -0.1) is 0 Å². The predicted molar refractivity (Wildman–Crippen MR) is 105 cm³/mol. The number of nitriles is 1. The molecule has 6 nitrogen and oxygen atoms in total. The average Bonchev–Trinajstić information content (AvgIpc) is 2.65. The molecule has 0 fully saturated rings. The minimum atomic E-state index is -0.182. The fourth-order valence-corrected chi connectivity index (χ4v) is 3.19. The number of nitrogens with zero attached hydrogens (tertiary/aromatic N) is 4. The number of para-hydroxylation sites is 1. The van der Waals surface area contributed by atoms with Gasteiger partial charge < -0.3 is 4.74 Å². The summed E-state index contributed by atoms with van der Waals surface area (Å²) in [7, 11) is 3.61. The van der Waals surface area contributed by atoms with Gasteiger partial charge in [0.15, 0.2) is 0 Å². The van der Waals surface area contributed by atoms with Crippen molar-refractivity contribution in [2.45, 2.75) is 26.6 Å². The minimum Gasteiger partial charge on any atom is -0.496 e. The van der Waals surface area contributed by atoms with Crippen LogP contribution in [-0.2, 0) is 19.6 Å². The van der Waals surface area contributed by atoms with Gasteiger partial charge in [0.05, 0.1) is 30.6 Å². The summed E-state index contributed by atoms with van der Waals surface area (Å²) >= 11 is 0. The van der Waals surface area contributed by atoms with E-state index in [1.807, 2.05) is 38.2 Å². The van der Waals surface area contributed by atoms with Crippen LogP contribution in [0.4, 0.5) is 0 Å². The minimum absolute atomic E-state index is 0.0202. The lowest BCUT2D eigenvalue weighted by Gasteiger charge is -2.20. The van der Waals surface area contributed by atoms with Crippen LogP contribution in [0.3, 0.4) is 0 Å². The number of hydrogen-bond donors (Lipinski definition) is 0. The molecule has 0 unspecified atom stereocenters. The number of rotatable bonds is 6. The van der Waals surface area contributed by atoms with Crippen molar-refractivity contribution in [3.63, 3.8) is 0 Å². The van der Waals surface area contributed by atoms with Gasteiger partial charge in [0, 0.05) is 12.1 Å². The molecule has 27 heavy (non-hydrogen) atoms. The first-order valence-corrected chi connectivity index (χ1v) is 8.71. The zero-order valence-electron chi connectivity index (χ0n) is 15.8. The quantitative estimate of drug-likeness (QED) is 0.674. The van der Waals surface area contributed by atoms with Crippen molar-refractivity contribution >= 4 is 10.9 Å². The smallest absolute Gasteiger partial charge is 0.262 e. The van der Waals surface area contributed by atoms with Gasteiger partial charge in [-0.1, -0.05) is 29.8 Å². The Balaban J connectivity index is 1.94. The molecule has 0 N–H and O–H groups in total. The maximum atomic E-state index is 12.8. The van der Waals surface area contributed by atoms with Crippen molar-refractivity contribution in [3.8, 4) is 11.8 Å². The topological polar surface area (TPSA) is 71.2 Å². The van der Waals surface area contributed by atoms with Crippen LogP contribution in [0.15, 0.2) is 47.3 Å². The lowest BCUT2D eigenvalue weighted by Crippen LogP contribution is -2.29. The zero-order chi connectivity index (χ0) is 19.4. The van der Waals surface area contributed by atoms with Crippen LogP contribution in [-0.4, -0.2) is 28.6 Å². The van der Waals surface area contributed by atoms with E-state index in [0.29, 0.717) is 29.8 Å². The second kappa shape index (κ2) is 8.02. The Labute approximate surface area is 158 Å². The molecule has 6 heteroatoms. The molecule has 0 radical (unpaired) electrons. The Bertz CT molecular complexity index is 1070. The summed E-state index contributed by atoms with van der Waals surface area (Å²) in [4.78, 5) is 19.4. The Kier molecular flexibility index (Phi) is 5.53. The van der Waals surface area contributed by atoms with Crippen molar-refractivity contribution in [2.75, 3.05) is 14.2 Å². The SMILES string of the molecule is COc1ccc(C)cc1CN(C)Cc1nc2ccccc2c(=O)n1CC#N. The van der Waals surface area contributed by atoms with Crippen molar-refractivity contribution < 1.29 is 4.74 Å². The number of benzene rings is 2. The zero-order valence-corrected chi connectivity index (χ0v) is 15.8. The average molecular weight is 362 g/mol. The molecule has 3 rings (SSSR count). The molecule has 0 saturated heterocycles. The maximum Gasteiger partial charge on any atom is 0.262 e. The molecule has 0 amide bonds. The van der Waals surface area contributed by atoms with Crippen molar-refractivity contribution in [1.29, 1.82) is 5.26 Å². The third-order valence-electron chi connectivity index (χ3n) is 4.46. The van der Waals surface area contributed by atoms with Gasteiger partial charge in [-0.05, 0) is 32.2 Å². The summed E-state index contributed by atoms with van der Waals surface area (Å²) in [6.45, 7) is 3.10. The monoisotopic (exact) mass is 362 g/mol. The third kappa shape index (κ3) is 3.99. The van der Waals surface area contributed by atoms with Crippen molar-refractivity contribution in [1.82, 2.24) is 14.5 Å². The second-order valence-corrected chi connectivity index (χ2v) is 6.58. The normalized spacial score (nSPS) is 10.9. The van der Waals surface area contributed by atoms with Crippen LogP contribution in [0, 0.1) is 18.3 Å². The molecule has 0 aliphatic rings. The van der Waals surface area contributed by atoms with Gasteiger partial charge in [-0.3, -0.25) is 14.3 Å². The Morgan fingerprint density at radius 3 is 2.74 bits per heavy atom. The summed E-state index contributed by atoms with van der Waals surface area (Å²) in [5.41, 5.74) is 2.69. The predicted octanol–water partition coefficient (Wildman–Crippen LogP) is 2.87. The molecule has 1 aromatic heterocycles. The summed E-state index contributed by atoms with van der Waals surface area (Å²) in [5, 5.41) is 9.67. The highest BCUT2D eigenvalue weighted by Gasteiger charge is 2.14. The number of aromatic nitrogens is 2. The van der Waals surface area contributed by atoms with E-state index in [4.69, 9.17) is 10.00 Å². The number of aryl methyl sites for hydroxylation is 1. The van der Waals surface area contributed by atoms with Crippen LogP contribution in [0.5, 0.6) is 5.75 Å². The van der Waals surface area contributed by atoms with Crippen LogP contribution < -0.4 is 10.3 Å². The van der Waals surface area contributed by atoms with E-state index in [1.54, 1.807) is 19.2 Å². The number of hydrogen-bond acceptors (Lipinski definition) is 5. The maximum absolute atomic E-state index is 12.8. The molecule has 2 aromatic carbocycles. The number of ether oxygens (including phenoxy) is 1. The van der Waals surface area contributed by atoms with E-state index in [-0.39, 0.29) is 12.1 Å². The van der Waals surface area contributed by atoms with Gasteiger partial charge in [0.2, 0.25) is 0 Å². The van der Waals surface area contributed by atoms with E-state index in [1.165, 1.54) is 4.57 Å². The molecule has 3 aromatic rings.